The summed E-state index contributed by atoms with van der Waals surface area (Å²) in [4.78, 5) is 0. The van der Waals surface area contributed by atoms with Gasteiger partial charge in [-0.15, -0.1) is 5.10 Å². The molecule has 96 valence electrons. The third-order valence-electron chi connectivity index (χ3n) is 2.69. The van der Waals surface area contributed by atoms with Gasteiger partial charge in [0, 0.05) is 14.6 Å². The summed E-state index contributed by atoms with van der Waals surface area (Å²) < 4.78 is 4.05. The molecule has 1 heterocycles. The number of rotatable bonds is 4. The van der Waals surface area contributed by atoms with Crippen LogP contribution in [0, 0.1) is 3.57 Å². The Kier molecular flexibility index (Phi) is 4.74. The van der Waals surface area contributed by atoms with Crippen LogP contribution in [0.3, 0.4) is 0 Å². The second-order valence-electron chi connectivity index (χ2n) is 4.03. The Labute approximate surface area is 128 Å². The molecule has 0 aliphatic rings. The largest absolute Gasteiger partial charge is 0.319 e. The lowest BCUT2D eigenvalue weighted by Gasteiger charge is -2.15. The molecule has 0 fully saturated rings. The van der Waals surface area contributed by atoms with Crippen LogP contribution in [-0.4, -0.2) is 15.0 Å². The monoisotopic (exact) mass is 420 g/mol. The fourth-order valence-electron chi connectivity index (χ4n) is 1.80. The minimum Gasteiger partial charge on any atom is -0.319 e. The molecule has 0 aliphatic carbocycles. The van der Waals surface area contributed by atoms with Gasteiger partial charge in [0.2, 0.25) is 0 Å². The summed E-state index contributed by atoms with van der Waals surface area (Å²) in [6.07, 6.45) is 2.75. The molecule has 0 saturated carbocycles. The van der Waals surface area contributed by atoms with Crippen molar-refractivity contribution in [1.82, 2.24) is 15.0 Å². The van der Waals surface area contributed by atoms with Gasteiger partial charge in [-0.05, 0) is 52.8 Å². The molecule has 4 nitrogen and oxygen atoms in total. The summed E-state index contributed by atoms with van der Waals surface area (Å²) >= 11 is 5.83. The van der Waals surface area contributed by atoms with Crippen molar-refractivity contribution < 1.29 is 0 Å². The number of hydrogen-bond acceptors (Lipinski definition) is 3. The van der Waals surface area contributed by atoms with Gasteiger partial charge in [0.1, 0.15) is 0 Å². The lowest BCUT2D eigenvalue weighted by atomic mass is 10.1. The molecule has 0 amide bonds. The highest BCUT2D eigenvalue weighted by molar-refractivity contribution is 14.1. The Morgan fingerprint density at radius 1 is 1.50 bits per heavy atom. The lowest BCUT2D eigenvalue weighted by Crippen LogP contribution is -2.18. The zero-order valence-corrected chi connectivity index (χ0v) is 13.7. The molecule has 2 N–H and O–H groups in total. The molecule has 2 rings (SSSR count). The zero-order valence-electron chi connectivity index (χ0n) is 9.98. The molecule has 0 spiro atoms. The van der Waals surface area contributed by atoms with E-state index >= 15 is 0 Å². The zero-order chi connectivity index (χ0) is 13.1. The predicted molar refractivity (Wildman–Crippen MR) is 83.2 cm³/mol. The molecule has 6 heteroatoms. The first-order valence-corrected chi connectivity index (χ1v) is 7.59. The minimum atomic E-state index is -0.212. The average molecular weight is 421 g/mol. The molecule has 0 bridgehead atoms. The summed E-state index contributed by atoms with van der Waals surface area (Å²) in [6, 6.07) is 5.93. The fourth-order valence-corrected chi connectivity index (χ4v) is 2.81. The van der Waals surface area contributed by atoms with Crippen LogP contribution in [-0.2, 0) is 6.54 Å². The SMILES string of the molecule is CCCn1nncc1C(N)c1cc(I)ccc1Br. The Bertz CT molecular complexity index is 541. The number of nitrogens with two attached hydrogens (primary N) is 1. The molecule has 1 aromatic heterocycles. The van der Waals surface area contributed by atoms with Crippen molar-refractivity contribution in [2.24, 2.45) is 5.73 Å². The maximum atomic E-state index is 6.33. The van der Waals surface area contributed by atoms with Gasteiger partial charge in [0.15, 0.2) is 0 Å². The van der Waals surface area contributed by atoms with Crippen LogP contribution in [0.25, 0.3) is 0 Å². The third-order valence-corrected chi connectivity index (χ3v) is 4.09. The van der Waals surface area contributed by atoms with Gasteiger partial charge in [-0.1, -0.05) is 28.1 Å². The molecule has 2 aromatic rings. The van der Waals surface area contributed by atoms with E-state index in [1.54, 1.807) is 6.20 Å². The van der Waals surface area contributed by atoms with Crippen LogP contribution in [0.15, 0.2) is 28.9 Å². The first-order valence-electron chi connectivity index (χ1n) is 5.72. The summed E-state index contributed by atoms with van der Waals surface area (Å²) in [6.45, 7) is 2.95. The number of aryl methyl sites for hydroxylation is 1. The highest BCUT2D eigenvalue weighted by Crippen LogP contribution is 2.28. The Hall–Kier alpha value is -0.470. The van der Waals surface area contributed by atoms with Crippen molar-refractivity contribution in [3.05, 3.63) is 43.7 Å². The van der Waals surface area contributed by atoms with E-state index < -0.39 is 0 Å². The van der Waals surface area contributed by atoms with Crippen molar-refractivity contribution in [2.45, 2.75) is 25.9 Å². The number of halogens is 2. The van der Waals surface area contributed by atoms with Gasteiger partial charge in [-0.2, -0.15) is 0 Å². The lowest BCUT2D eigenvalue weighted by molar-refractivity contribution is 0.543. The van der Waals surface area contributed by atoms with Crippen LogP contribution >= 0.6 is 38.5 Å². The maximum Gasteiger partial charge on any atom is 0.0800 e. The molecular weight excluding hydrogens is 407 g/mol. The summed E-state index contributed by atoms with van der Waals surface area (Å²) in [5, 5.41) is 8.03. The van der Waals surface area contributed by atoms with Gasteiger partial charge in [-0.25, -0.2) is 4.68 Å². The molecule has 0 saturated heterocycles. The van der Waals surface area contributed by atoms with Crippen LogP contribution in [0.5, 0.6) is 0 Å². The van der Waals surface area contributed by atoms with Crippen molar-refractivity contribution in [2.75, 3.05) is 0 Å². The van der Waals surface area contributed by atoms with Crippen LogP contribution in [0.2, 0.25) is 0 Å². The molecular formula is C12H14BrIN4. The number of aromatic nitrogens is 3. The van der Waals surface area contributed by atoms with Crippen LogP contribution in [0.4, 0.5) is 0 Å². The van der Waals surface area contributed by atoms with E-state index in [2.05, 4.69) is 61.8 Å². The number of benzene rings is 1. The van der Waals surface area contributed by atoms with E-state index in [1.165, 1.54) is 0 Å². The number of nitrogens with zero attached hydrogens (tertiary/aromatic N) is 3. The standard InChI is InChI=1S/C12H14BrIN4/c1-2-5-18-11(7-16-17-18)12(15)9-6-8(14)3-4-10(9)13/h3-4,6-7,12H,2,5,15H2,1H3. The van der Waals surface area contributed by atoms with Crippen LogP contribution in [0.1, 0.15) is 30.6 Å². The molecule has 1 atom stereocenters. The van der Waals surface area contributed by atoms with E-state index in [4.69, 9.17) is 5.73 Å². The van der Waals surface area contributed by atoms with E-state index in [-0.39, 0.29) is 6.04 Å². The highest BCUT2D eigenvalue weighted by Gasteiger charge is 2.17. The van der Waals surface area contributed by atoms with Crippen molar-refractivity contribution >= 4 is 38.5 Å². The van der Waals surface area contributed by atoms with Crippen molar-refractivity contribution in [1.29, 1.82) is 0 Å². The van der Waals surface area contributed by atoms with Crippen molar-refractivity contribution in [3.63, 3.8) is 0 Å². The normalized spacial score (nSPS) is 12.7. The summed E-state index contributed by atoms with van der Waals surface area (Å²) in [7, 11) is 0. The fraction of sp³-hybridized carbons (Fsp3) is 0.333. The Morgan fingerprint density at radius 2 is 2.28 bits per heavy atom. The Balaban J connectivity index is 2.38. The number of hydrogen-bond donors (Lipinski definition) is 1. The molecule has 1 unspecified atom stereocenters. The minimum absolute atomic E-state index is 0.212. The van der Waals surface area contributed by atoms with Gasteiger partial charge >= 0.3 is 0 Å². The second kappa shape index (κ2) is 6.12. The van der Waals surface area contributed by atoms with Gasteiger partial charge in [0.05, 0.1) is 17.9 Å². The van der Waals surface area contributed by atoms with E-state index in [1.807, 2.05) is 16.8 Å². The molecule has 0 aliphatic heterocycles. The topological polar surface area (TPSA) is 56.7 Å². The van der Waals surface area contributed by atoms with Crippen LogP contribution < -0.4 is 5.73 Å². The Morgan fingerprint density at radius 3 is 3.00 bits per heavy atom. The van der Waals surface area contributed by atoms with Gasteiger partial charge in [0.25, 0.3) is 0 Å². The summed E-state index contributed by atoms with van der Waals surface area (Å²) in [5.41, 5.74) is 8.33. The van der Waals surface area contributed by atoms with E-state index in [0.29, 0.717) is 0 Å². The van der Waals surface area contributed by atoms with E-state index in [9.17, 15) is 0 Å². The summed E-state index contributed by atoms with van der Waals surface area (Å²) in [5.74, 6) is 0. The first-order chi connectivity index (χ1) is 8.63. The van der Waals surface area contributed by atoms with Gasteiger partial charge < -0.3 is 5.73 Å². The predicted octanol–water partition coefficient (Wildman–Crippen LogP) is 3.10. The first kappa shape index (κ1) is 14.0. The van der Waals surface area contributed by atoms with E-state index in [0.717, 1.165) is 32.3 Å². The quantitative estimate of drug-likeness (QED) is 0.773. The molecule has 18 heavy (non-hydrogen) atoms. The molecule has 0 radical (unpaired) electrons. The molecule has 1 aromatic carbocycles. The van der Waals surface area contributed by atoms with Gasteiger partial charge in [-0.3, -0.25) is 0 Å². The second-order valence-corrected chi connectivity index (χ2v) is 6.13. The average Bonchev–Trinajstić information content (AvgIpc) is 2.80. The highest BCUT2D eigenvalue weighted by atomic mass is 127. The smallest absolute Gasteiger partial charge is 0.0800 e. The van der Waals surface area contributed by atoms with Crippen molar-refractivity contribution in [3.8, 4) is 0 Å². The third kappa shape index (κ3) is 2.92. The maximum absolute atomic E-state index is 6.33.